The van der Waals surface area contributed by atoms with Gasteiger partial charge in [-0.05, 0) is 50.7 Å². The van der Waals surface area contributed by atoms with Gasteiger partial charge in [-0.3, -0.25) is 4.79 Å². The van der Waals surface area contributed by atoms with Crippen molar-refractivity contribution in [2.75, 3.05) is 13.2 Å². The van der Waals surface area contributed by atoms with E-state index in [9.17, 15) is 9.59 Å². The third kappa shape index (κ3) is 5.76. The van der Waals surface area contributed by atoms with Crippen molar-refractivity contribution in [1.82, 2.24) is 5.32 Å². The van der Waals surface area contributed by atoms with Crippen LogP contribution in [-0.4, -0.2) is 31.1 Å². The van der Waals surface area contributed by atoms with Crippen LogP contribution in [0.25, 0.3) is 0 Å². The molecule has 1 amide bonds. The van der Waals surface area contributed by atoms with Gasteiger partial charge in [0.2, 0.25) is 0 Å². The summed E-state index contributed by atoms with van der Waals surface area (Å²) in [6.07, 6.45) is 4.49. The topological polar surface area (TPSA) is 64.6 Å². The van der Waals surface area contributed by atoms with Crippen LogP contribution in [0.2, 0.25) is 0 Å². The fraction of sp³-hybridized carbons (Fsp3) is 0.600. The van der Waals surface area contributed by atoms with E-state index in [1.807, 2.05) is 32.9 Å². The quantitative estimate of drug-likeness (QED) is 0.803. The van der Waals surface area contributed by atoms with E-state index < -0.39 is 5.97 Å². The first-order valence-corrected chi connectivity index (χ1v) is 9.02. The molecule has 1 aliphatic carbocycles. The molecule has 1 aliphatic rings. The molecule has 0 spiro atoms. The lowest BCUT2D eigenvalue weighted by atomic mass is 9.86. The molecule has 1 aromatic rings. The molecule has 0 saturated heterocycles. The summed E-state index contributed by atoms with van der Waals surface area (Å²) in [5.74, 6) is 0.397. The smallest absolute Gasteiger partial charge is 0.344 e. The fourth-order valence-corrected chi connectivity index (χ4v) is 3.49. The lowest BCUT2D eigenvalue weighted by Crippen LogP contribution is -2.43. The number of esters is 1. The Morgan fingerprint density at radius 3 is 2.36 bits per heavy atom. The number of nitrogens with one attached hydrogen (secondary N) is 1. The van der Waals surface area contributed by atoms with E-state index in [0.717, 1.165) is 36.0 Å². The van der Waals surface area contributed by atoms with Crippen molar-refractivity contribution in [3.05, 3.63) is 28.8 Å². The molecule has 1 fully saturated rings. The maximum absolute atomic E-state index is 12.0. The number of benzene rings is 1. The van der Waals surface area contributed by atoms with Crippen LogP contribution in [0.4, 0.5) is 0 Å². The molecule has 2 rings (SSSR count). The molecule has 25 heavy (non-hydrogen) atoms. The molecule has 0 heterocycles. The molecular weight excluding hydrogens is 318 g/mol. The summed E-state index contributed by atoms with van der Waals surface area (Å²) < 4.78 is 10.6. The van der Waals surface area contributed by atoms with Gasteiger partial charge in [0.15, 0.2) is 13.2 Å². The highest BCUT2D eigenvalue weighted by molar-refractivity contribution is 5.81. The Kier molecular flexibility index (Phi) is 6.85. The average molecular weight is 347 g/mol. The Morgan fingerprint density at radius 2 is 1.72 bits per heavy atom. The molecule has 138 valence electrons. The summed E-state index contributed by atoms with van der Waals surface area (Å²) in [5, 5.41) is 2.97. The molecule has 5 heteroatoms. The molecule has 0 bridgehead atoms. The second-order valence-electron chi connectivity index (χ2n) is 7.11. The predicted molar refractivity (Wildman–Crippen MR) is 96.7 cm³/mol. The molecule has 1 N–H and O–H groups in total. The standard InChI is InChI=1S/C20H29NO4/c1-13-9-15(3)20(16(4)10-13)25-12-19(23)24-11-18(22)21-17-8-6-5-7-14(17)2/h9-10,14,17H,5-8,11-12H2,1-4H3,(H,21,22)/t14-,17-/m0/s1. The summed E-state index contributed by atoms with van der Waals surface area (Å²) in [5.41, 5.74) is 3.11. The zero-order valence-corrected chi connectivity index (χ0v) is 15.7. The van der Waals surface area contributed by atoms with Crippen LogP contribution in [0.15, 0.2) is 12.1 Å². The number of carbonyl (C=O) groups is 2. The first-order chi connectivity index (χ1) is 11.9. The highest BCUT2D eigenvalue weighted by Gasteiger charge is 2.23. The normalized spacial score (nSPS) is 20.0. The number of amides is 1. The van der Waals surface area contributed by atoms with Gasteiger partial charge in [0.25, 0.3) is 5.91 Å². The molecule has 0 aromatic heterocycles. The van der Waals surface area contributed by atoms with Crippen LogP contribution in [-0.2, 0) is 14.3 Å². The lowest BCUT2D eigenvalue weighted by Gasteiger charge is -2.29. The largest absolute Gasteiger partial charge is 0.481 e. The Bertz CT molecular complexity index is 603. The van der Waals surface area contributed by atoms with E-state index in [1.54, 1.807) is 0 Å². The van der Waals surface area contributed by atoms with Gasteiger partial charge >= 0.3 is 5.97 Å². The highest BCUT2D eigenvalue weighted by Crippen LogP contribution is 2.25. The van der Waals surface area contributed by atoms with E-state index in [2.05, 4.69) is 12.2 Å². The van der Waals surface area contributed by atoms with Gasteiger partial charge in [0.05, 0.1) is 0 Å². The Labute approximate surface area is 150 Å². The SMILES string of the molecule is Cc1cc(C)c(OCC(=O)OCC(=O)N[C@H]2CCCC[C@@H]2C)c(C)c1. The molecule has 0 unspecified atom stereocenters. The minimum absolute atomic E-state index is 0.189. The Balaban J connectivity index is 1.74. The maximum Gasteiger partial charge on any atom is 0.344 e. The van der Waals surface area contributed by atoms with Crippen molar-refractivity contribution in [3.63, 3.8) is 0 Å². The minimum atomic E-state index is -0.536. The molecule has 5 nitrogen and oxygen atoms in total. The number of rotatable bonds is 6. The predicted octanol–water partition coefficient (Wildman–Crippen LogP) is 3.23. The third-order valence-corrected chi connectivity index (χ3v) is 4.76. The van der Waals surface area contributed by atoms with Crippen LogP contribution in [0.5, 0.6) is 5.75 Å². The van der Waals surface area contributed by atoms with E-state index in [4.69, 9.17) is 9.47 Å². The van der Waals surface area contributed by atoms with Gasteiger partial charge in [-0.1, -0.05) is 37.5 Å². The first kappa shape index (κ1) is 19.3. The Hall–Kier alpha value is -2.04. The average Bonchev–Trinajstić information content (AvgIpc) is 2.54. The van der Waals surface area contributed by atoms with Crippen molar-refractivity contribution in [1.29, 1.82) is 0 Å². The molecule has 0 aliphatic heterocycles. The van der Waals surface area contributed by atoms with Crippen LogP contribution >= 0.6 is 0 Å². The summed E-state index contributed by atoms with van der Waals surface area (Å²) >= 11 is 0. The fourth-order valence-electron chi connectivity index (χ4n) is 3.49. The number of carbonyl (C=O) groups excluding carboxylic acids is 2. The second-order valence-corrected chi connectivity index (χ2v) is 7.11. The van der Waals surface area contributed by atoms with E-state index in [0.29, 0.717) is 11.7 Å². The van der Waals surface area contributed by atoms with E-state index >= 15 is 0 Å². The van der Waals surface area contributed by atoms with Gasteiger partial charge in [0, 0.05) is 6.04 Å². The zero-order valence-electron chi connectivity index (χ0n) is 15.7. The van der Waals surface area contributed by atoms with Gasteiger partial charge in [-0.25, -0.2) is 4.79 Å². The lowest BCUT2D eigenvalue weighted by molar-refractivity contribution is -0.150. The van der Waals surface area contributed by atoms with Crippen LogP contribution < -0.4 is 10.1 Å². The molecule has 1 aromatic carbocycles. The van der Waals surface area contributed by atoms with Crippen LogP contribution in [0.1, 0.15) is 49.3 Å². The van der Waals surface area contributed by atoms with E-state index in [1.165, 1.54) is 6.42 Å². The summed E-state index contributed by atoms with van der Waals surface area (Å²) in [7, 11) is 0. The zero-order chi connectivity index (χ0) is 18.4. The summed E-state index contributed by atoms with van der Waals surface area (Å²) in [6, 6.07) is 4.20. The van der Waals surface area contributed by atoms with Crippen molar-refractivity contribution in [3.8, 4) is 5.75 Å². The Morgan fingerprint density at radius 1 is 1.08 bits per heavy atom. The summed E-state index contributed by atoms with van der Waals surface area (Å²) in [6.45, 7) is 7.61. The first-order valence-electron chi connectivity index (χ1n) is 9.02. The monoisotopic (exact) mass is 347 g/mol. The molecular formula is C20H29NO4. The van der Waals surface area contributed by atoms with Gasteiger partial charge < -0.3 is 14.8 Å². The molecule has 2 atom stereocenters. The van der Waals surface area contributed by atoms with Gasteiger partial charge in [-0.2, -0.15) is 0 Å². The number of aryl methyl sites for hydroxylation is 3. The van der Waals surface area contributed by atoms with Crippen molar-refractivity contribution < 1.29 is 19.1 Å². The van der Waals surface area contributed by atoms with Crippen molar-refractivity contribution >= 4 is 11.9 Å². The molecule has 0 radical (unpaired) electrons. The third-order valence-electron chi connectivity index (χ3n) is 4.76. The maximum atomic E-state index is 12.0. The minimum Gasteiger partial charge on any atom is -0.481 e. The van der Waals surface area contributed by atoms with Gasteiger partial charge in [-0.15, -0.1) is 0 Å². The van der Waals surface area contributed by atoms with Crippen molar-refractivity contribution in [2.24, 2.45) is 5.92 Å². The van der Waals surface area contributed by atoms with E-state index in [-0.39, 0.29) is 25.2 Å². The van der Waals surface area contributed by atoms with Crippen molar-refractivity contribution in [2.45, 2.75) is 59.4 Å². The van der Waals surface area contributed by atoms with Crippen LogP contribution in [0.3, 0.4) is 0 Å². The number of hydrogen-bond acceptors (Lipinski definition) is 4. The highest BCUT2D eigenvalue weighted by atomic mass is 16.6. The second kappa shape index (κ2) is 8.88. The molecule has 1 saturated carbocycles. The summed E-state index contributed by atoms with van der Waals surface area (Å²) in [4.78, 5) is 23.8. The van der Waals surface area contributed by atoms with Crippen LogP contribution in [0, 0.1) is 26.7 Å². The van der Waals surface area contributed by atoms with Gasteiger partial charge in [0.1, 0.15) is 5.75 Å². The number of ether oxygens (including phenoxy) is 2. The number of hydrogen-bond donors (Lipinski definition) is 1.